The quantitative estimate of drug-likeness (QED) is 0.702. The highest BCUT2D eigenvalue weighted by atomic mass is 16.6. The van der Waals surface area contributed by atoms with Gasteiger partial charge in [-0.15, -0.1) is 0 Å². The first-order valence-corrected chi connectivity index (χ1v) is 4.92. The van der Waals surface area contributed by atoms with Crippen molar-refractivity contribution >= 4 is 6.09 Å². The maximum absolute atomic E-state index is 11.2. The van der Waals surface area contributed by atoms with Gasteiger partial charge in [0.05, 0.1) is 18.3 Å². The molecule has 0 saturated heterocycles. The van der Waals surface area contributed by atoms with Crippen LogP contribution in [-0.4, -0.2) is 28.4 Å². The van der Waals surface area contributed by atoms with E-state index < -0.39 is 11.7 Å². The maximum atomic E-state index is 11.2. The Labute approximate surface area is 94.6 Å². The zero-order chi connectivity index (χ0) is 12.0. The van der Waals surface area contributed by atoms with Crippen molar-refractivity contribution < 1.29 is 9.53 Å². The molecule has 0 aliphatic heterocycles. The number of rotatable bonds is 1. The lowest BCUT2D eigenvalue weighted by atomic mass is 10.2. The molecule has 0 radical (unpaired) electrons. The molecule has 0 aliphatic rings. The second-order valence-electron chi connectivity index (χ2n) is 4.14. The van der Waals surface area contributed by atoms with Crippen molar-refractivity contribution in [2.24, 2.45) is 0 Å². The number of aromatic amines is 1. The van der Waals surface area contributed by atoms with Crippen molar-refractivity contribution in [2.75, 3.05) is 6.54 Å². The van der Waals surface area contributed by atoms with Gasteiger partial charge in [0.25, 0.3) is 0 Å². The average molecular weight is 221 g/mol. The van der Waals surface area contributed by atoms with Crippen LogP contribution in [0.4, 0.5) is 4.79 Å². The molecule has 1 amide bonds. The van der Waals surface area contributed by atoms with E-state index in [0.29, 0.717) is 0 Å². The second kappa shape index (κ2) is 5.21. The molecule has 1 aromatic heterocycles. The lowest BCUT2D eigenvalue weighted by Crippen LogP contribution is -2.32. The summed E-state index contributed by atoms with van der Waals surface area (Å²) >= 11 is 0. The van der Waals surface area contributed by atoms with Crippen molar-refractivity contribution in [2.45, 2.75) is 26.4 Å². The Kier molecular flexibility index (Phi) is 3.95. The molecule has 0 saturated carbocycles. The molecule has 0 atom stereocenters. The van der Waals surface area contributed by atoms with E-state index in [9.17, 15) is 4.79 Å². The van der Waals surface area contributed by atoms with E-state index in [1.54, 1.807) is 12.4 Å². The van der Waals surface area contributed by atoms with Gasteiger partial charge in [0.1, 0.15) is 5.60 Å². The summed E-state index contributed by atoms with van der Waals surface area (Å²) < 4.78 is 5.04. The number of amides is 1. The minimum absolute atomic E-state index is 0.250. The first-order valence-electron chi connectivity index (χ1n) is 4.92. The fourth-order valence-corrected chi connectivity index (χ4v) is 0.896. The van der Waals surface area contributed by atoms with E-state index in [-0.39, 0.29) is 6.54 Å². The van der Waals surface area contributed by atoms with Gasteiger partial charge in [0, 0.05) is 6.20 Å². The van der Waals surface area contributed by atoms with Crippen LogP contribution in [0.2, 0.25) is 0 Å². The van der Waals surface area contributed by atoms with Crippen LogP contribution in [0, 0.1) is 11.8 Å². The maximum Gasteiger partial charge on any atom is 0.408 e. The summed E-state index contributed by atoms with van der Waals surface area (Å²) in [7, 11) is 0. The van der Waals surface area contributed by atoms with Crippen LogP contribution < -0.4 is 5.32 Å². The summed E-state index contributed by atoms with van der Waals surface area (Å²) in [6.45, 7) is 5.68. The van der Waals surface area contributed by atoms with Gasteiger partial charge in [-0.1, -0.05) is 11.8 Å². The number of nitrogens with zero attached hydrogens (tertiary/aromatic N) is 1. The zero-order valence-corrected chi connectivity index (χ0v) is 9.63. The van der Waals surface area contributed by atoms with Crippen molar-refractivity contribution in [1.29, 1.82) is 0 Å². The number of carbonyl (C=O) groups is 1. The first-order chi connectivity index (χ1) is 7.47. The Morgan fingerprint density at radius 2 is 2.38 bits per heavy atom. The van der Waals surface area contributed by atoms with Crippen molar-refractivity contribution in [3.63, 3.8) is 0 Å². The molecule has 5 nitrogen and oxygen atoms in total. The summed E-state index contributed by atoms with van der Waals surface area (Å²) in [5, 5.41) is 8.93. The highest BCUT2D eigenvalue weighted by Gasteiger charge is 2.14. The largest absolute Gasteiger partial charge is 0.444 e. The molecule has 5 heteroatoms. The van der Waals surface area contributed by atoms with Gasteiger partial charge < -0.3 is 10.1 Å². The summed E-state index contributed by atoms with van der Waals surface area (Å²) in [6, 6.07) is 0. The van der Waals surface area contributed by atoms with Crippen LogP contribution in [-0.2, 0) is 4.74 Å². The Morgan fingerprint density at radius 3 is 2.94 bits per heavy atom. The molecule has 0 fully saturated rings. The number of aromatic nitrogens is 2. The van der Waals surface area contributed by atoms with Crippen molar-refractivity contribution in [1.82, 2.24) is 15.5 Å². The fraction of sp³-hybridized carbons (Fsp3) is 0.455. The van der Waals surface area contributed by atoms with Gasteiger partial charge in [0.2, 0.25) is 0 Å². The Bertz CT molecular complexity index is 393. The number of alkyl carbamates (subject to hydrolysis) is 1. The standard InChI is InChI=1S/C11H15N3O2/c1-11(2,3)16-10(15)12-6-4-5-9-7-13-14-8-9/h7-8H,6H2,1-3H3,(H,12,15)(H,13,14). The second-order valence-corrected chi connectivity index (χ2v) is 4.14. The normalized spacial score (nSPS) is 10.2. The van der Waals surface area contributed by atoms with Gasteiger partial charge in [-0.3, -0.25) is 5.10 Å². The molecule has 86 valence electrons. The van der Waals surface area contributed by atoms with E-state index in [1.165, 1.54) is 0 Å². The highest BCUT2D eigenvalue weighted by Crippen LogP contribution is 2.05. The first kappa shape index (κ1) is 12.1. The predicted octanol–water partition coefficient (Wildman–Crippen LogP) is 1.29. The average Bonchev–Trinajstić information content (AvgIpc) is 2.62. The minimum atomic E-state index is -0.484. The van der Waals surface area contributed by atoms with Gasteiger partial charge in [-0.2, -0.15) is 5.10 Å². The molecule has 1 heterocycles. The molecule has 2 N–H and O–H groups in total. The monoisotopic (exact) mass is 221 g/mol. The zero-order valence-electron chi connectivity index (χ0n) is 9.63. The number of H-pyrrole nitrogens is 1. The van der Waals surface area contributed by atoms with Gasteiger partial charge in [-0.25, -0.2) is 4.79 Å². The summed E-state index contributed by atoms with van der Waals surface area (Å²) in [5.74, 6) is 5.61. The molecule has 0 spiro atoms. The van der Waals surface area contributed by atoms with E-state index in [4.69, 9.17) is 4.74 Å². The Hall–Kier alpha value is -1.96. The number of carbonyl (C=O) groups excluding carboxylic acids is 1. The molecule has 0 aromatic carbocycles. The molecule has 0 aliphatic carbocycles. The number of hydrogen-bond donors (Lipinski definition) is 2. The minimum Gasteiger partial charge on any atom is -0.444 e. The van der Waals surface area contributed by atoms with Crippen LogP contribution in [0.25, 0.3) is 0 Å². The van der Waals surface area contributed by atoms with Crippen molar-refractivity contribution in [3.05, 3.63) is 18.0 Å². The number of nitrogens with one attached hydrogen (secondary N) is 2. The lowest BCUT2D eigenvalue weighted by Gasteiger charge is -2.18. The van der Waals surface area contributed by atoms with E-state index in [1.807, 2.05) is 20.8 Å². The molecule has 0 unspecified atom stereocenters. The molecule has 16 heavy (non-hydrogen) atoms. The van der Waals surface area contributed by atoms with Crippen LogP contribution in [0.15, 0.2) is 12.4 Å². The molecule has 1 rings (SSSR count). The number of ether oxygens (including phenoxy) is 1. The van der Waals surface area contributed by atoms with Crippen LogP contribution in [0.3, 0.4) is 0 Å². The Morgan fingerprint density at radius 1 is 1.62 bits per heavy atom. The molecule has 0 bridgehead atoms. The third-order valence-corrected chi connectivity index (χ3v) is 1.45. The van der Waals surface area contributed by atoms with Gasteiger partial charge in [0.15, 0.2) is 0 Å². The van der Waals surface area contributed by atoms with Crippen LogP contribution in [0.1, 0.15) is 26.3 Å². The smallest absolute Gasteiger partial charge is 0.408 e. The fourth-order valence-electron chi connectivity index (χ4n) is 0.896. The van der Waals surface area contributed by atoms with Crippen LogP contribution in [0.5, 0.6) is 0 Å². The van der Waals surface area contributed by atoms with E-state index in [2.05, 4.69) is 27.4 Å². The van der Waals surface area contributed by atoms with Crippen molar-refractivity contribution in [3.8, 4) is 11.8 Å². The highest BCUT2D eigenvalue weighted by molar-refractivity contribution is 5.68. The predicted molar refractivity (Wildman–Crippen MR) is 59.7 cm³/mol. The topological polar surface area (TPSA) is 67.0 Å². The molecular formula is C11H15N3O2. The Balaban J connectivity index is 2.28. The molecule has 1 aromatic rings. The summed E-state index contributed by atoms with van der Waals surface area (Å²) in [5.41, 5.74) is 0.299. The van der Waals surface area contributed by atoms with Gasteiger partial charge >= 0.3 is 6.09 Å². The third-order valence-electron chi connectivity index (χ3n) is 1.45. The van der Waals surface area contributed by atoms with Gasteiger partial charge in [-0.05, 0) is 20.8 Å². The van der Waals surface area contributed by atoms with Crippen LogP contribution >= 0.6 is 0 Å². The molecular weight excluding hydrogens is 206 g/mol. The summed E-state index contributed by atoms with van der Waals surface area (Å²) in [6.07, 6.45) is 2.83. The summed E-state index contributed by atoms with van der Waals surface area (Å²) in [4.78, 5) is 11.2. The number of hydrogen-bond acceptors (Lipinski definition) is 3. The van der Waals surface area contributed by atoms with E-state index in [0.717, 1.165) is 5.56 Å². The van der Waals surface area contributed by atoms with E-state index >= 15 is 0 Å². The SMILES string of the molecule is CC(C)(C)OC(=O)NCC#Cc1cn[nH]c1. The third kappa shape index (κ3) is 5.05. The lowest BCUT2D eigenvalue weighted by molar-refractivity contribution is 0.0535.